The van der Waals surface area contributed by atoms with E-state index in [0.29, 0.717) is 29.1 Å². The fourth-order valence-corrected chi connectivity index (χ4v) is 2.16. The highest BCUT2D eigenvalue weighted by atomic mass is 35.5. The van der Waals surface area contributed by atoms with Gasteiger partial charge in [0.2, 0.25) is 5.91 Å². The van der Waals surface area contributed by atoms with Crippen molar-refractivity contribution in [2.45, 2.75) is 12.8 Å². The molecule has 0 saturated carbocycles. The van der Waals surface area contributed by atoms with Crippen molar-refractivity contribution in [1.29, 1.82) is 0 Å². The molecular formula is C18H19ClN2O2. The van der Waals surface area contributed by atoms with Gasteiger partial charge in [-0.25, -0.2) is 0 Å². The highest BCUT2D eigenvalue weighted by Gasteiger charge is 2.07. The molecule has 0 radical (unpaired) electrons. The Hall–Kier alpha value is -2.33. The van der Waals surface area contributed by atoms with E-state index in [1.807, 2.05) is 24.3 Å². The third-order valence-corrected chi connectivity index (χ3v) is 3.70. The number of rotatable bonds is 5. The topological polar surface area (TPSA) is 49.4 Å². The Morgan fingerprint density at radius 1 is 1.00 bits per heavy atom. The summed E-state index contributed by atoms with van der Waals surface area (Å²) in [7, 11) is 3.50. The summed E-state index contributed by atoms with van der Waals surface area (Å²) >= 11 is 5.81. The van der Waals surface area contributed by atoms with Gasteiger partial charge < -0.3 is 10.2 Å². The highest BCUT2D eigenvalue weighted by Crippen LogP contribution is 2.14. The molecule has 23 heavy (non-hydrogen) atoms. The molecule has 2 rings (SSSR count). The van der Waals surface area contributed by atoms with Crippen molar-refractivity contribution in [2.24, 2.45) is 0 Å². The van der Waals surface area contributed by atoms with E-state index < -0.39 is 0 Å². The molecule has 0 saturated heterocycles. The van der Waals surface area contributed by atoms with Crippen LogP contribution in [0.3, 0.4) is 0 Å². The molecule has 2 aromatic carbocycles. The van der Waals surface area contributed by atoms with Crippen LogP contribution in [0.25, 0.3) is 0 Å². The minimum Gasteiger partial charge on any atom is -0.349 e. The van der Waals surface area contributed by atoms with Crippen molar-refractivity contribution in [1.82, 2.24) is 4.90 Å². The van der Waals surface area contributed by atoms with E-state index in [1.165, 1.54) is 0 Å². The number of hydrogen-bond donors (Lipinski definition) is 1. The van der Waals surface area contributed by atoms with E-state index in [2.05, 4.69) is 5.32 Å². The second kappa shape index (κ2) is 7.79. The molecule has 2 amide bonds. The van der Waals surface area contributed by atoms with Gasteiger partial charge in [-0.15, -0.1) is 0 Å². The van der Waals surface area contributed by atoms with Gasteiger partial charge in [-0.1, -0.05) is 23.7 Å². The maximum absolute atomic E-state index is 12.1. The number of hydrogen-bond acceptors (Lipinski definition) is 2. The number of halogens is 1. The Labute approximate surface area is 141 Å². The van der Waals surface area contributed by atoms with Crippen molar-refractivity contribution < 1.29 is 9.59 Å². The number of carbonyl (C=O) groups excluding carboxylic acids is 2. The van der Waals surface area contributed by atoms with E-state index in [0.717, 1.165) is 5.56 Å². The van der Waals surface area contributed by atoms with Gasteiger partial charge >= 0.3 is 0 Å². The quantitative estimate of drug-likeness (QED) is 0.910. The monoisotopic (exact) mass is 330 g/mol. The minimum atomic E-state index is -0.183. The van der Waals surface area contributed by atoms with Crippen LogP contribution < -0.4 is 5.32 Å². The molecule has 0 aliphatic rings. The molecule has 5 heteroatoms. The molecule has 0 heterocycles. The van der Waals surface area contributed by atoms with Crippen molar-refractivity contribution in [3.05, 3.63) is 64.7 Å². The first-order valence-corrected chi connectivity index (χ1v) is 7.69. The van der Waals surface area contributed by atoms with Crippen LogP contribution in [0.4, 0.5) is 5.69 Å². The second-order valence-corrected chi connectivity index (χ2v) is 5.88. The lowest BCUT2D eigenvalue weighted by molar-refractivity contribution is -0.128. The maximum atomic E-state index is 12.1. The zero-order chi connectivity index (χ0) is 16.8. The lowest BCUT2D eigenvalue weighted by Crippen LogP contribution is -2.21. The molecule has 2 aromatic rings. The highest BCUT2D eigenvalue weighted by molar-refractivity contribution is 6.30. The molecule has 0 fully saturated rings. The smallest absolute Gasteiger partial charge is 0.255 e. The summed E-state index contributed by atoms with van der Waals surface area (Å²) < 4.78 is 0. The van der Waals surface area contributed by atoms with E-state index in [4.69, 9.17) is 11.6 Å². The Kier molecular flexibility index (Phi) is 5.77. The Bertz CT molecular complexity index is 679. The van der Waals surface area contributed by atoms with Crippen LogP contribution in [-0.2, 0) is 11.2 Å². The van der Waals surface area contributed by atoms with E-state index in [9.17, 15) is 9.59 Å². The normalized spacial score (nSPS) is 10.2. The SMILES string of the molecule is CN(C)C(=O)CCc1ccc(NC(=O)c2ccc(Cl)cc2)cc1. The molecule has 0 bridgehead atoms. The molecule has 120 valence electrons. The van der Waals surface area contributed by atoms with E-state index >= 15 is 0 Å². The van der Waals surface area contributed by atoms with Gasteiger partial charge in [0.25, 0.3) is 5.91 Å². The second-order valence-electron chi connectivity index (χ2n) is 5.45. The summed E-state index contributed by atoms with van der Waals surface area (Å²) in [4.78, 5) is 25.2. The molecular weight excluding hydrogens is 312 g/mol. The predicted octanol–water partition coefficient (Wildman–Crippen LogP) is 3.61. The maximum Gasteiger partial charge on any atom is 0.255 e. The van der Waals surface area contributed by atoms with Crippen LogP contribution in [0, 0.1) is 0 Å². The average molecular weight is 331 g/mol. The Morgan fingerprint density at radius 2 is 1.61 bits per heavy atom. The van der Waals surface area contributed by atoms with Gasteiger partial charge in [-0.05, 0) is 48.4 Å². The summed E-state index contributed by atoms with van der Waals surface area (Å²) in [5.41, 5.74) is 2.33. The molecule has 1 N–H and O–H groups in total. The Morgan fingerprint density at radius 3 is 2.17 bits per heavy atom. The molecule has 0 spiro atoms. The van der Waals surface area contributed by atoms with Crippen molar-refractivity contribution >= 4 is 29.1 Å². The number of aryl methyl sites for hydroxylation is 1. The first-order valence-electron chi connectivity index (χ1n) is 7.32. The van der Waals surface area contributed by atoms with Gasteiger partial charge in [0, 0.05) is 36.8 Å². The van der Waals surface area contributed by atoms with Crippen LogP contribution in [0.15, 0.2) is 48.5 Å². The first kappa shape index (κ1) is 17.0. The predicted molar refractivity (Wildman–Crippen MR) is 92.9 cm³/mol. The van der Waals surface area contributed by atoms with Crippen molar-refractivity contribution in [3.63, 3.8) is 0 Å². The fraction of sp³-hybridized carbons (Fsp3) is 0.222. The number of carbonyl (C=O) groups is 2. The molecule has 0 aromatic heterocycles. The molecule has 4 nitrogen and oxygen atoms in total. The summed E-state index contributed by atoms with van der Waals surface area (Å²) in [6.07, 6.45) is 1.16. The van der Waals surface area contributed by atoms with Crippen LogP contribution in [0.1, 0.15) is 22.3 Å². The number of nitrogens with one attached hydrogen (secondary N) is 1. The minimum absolute atomic E-state index is 0.102. The zero-order valence-corrected chi connectivity index (χ0v) is 13.9. The van der Waals surface area contributed by atoms with Gasteiger partial charge in [-0.2, -0.15) is 0 Å². The fourth-order valence-electron chi connectivity index (χ4n) is 2.03. The van der Waals surface area contributed by atoms with Crippen molar-refractivity contribution in [3.8, 4) is 0 Å². The summed E-state index contributed by atoms with van der Waals surface area (Å²) in [6, 6.07) is 14.2. The van der Waals surface area contributed by atoms with Crippen LogP contribution in [-0.4, -0.2) is 30.8 Å². The van der Waals surface area contributed by atoms with Crippen LogP contribution in [0.5, 0.6) is 0 Å². The van der Waals surface area contributed by atoms with Gasteiger partial charge in [0.1, 0.15) is 0 Å². The molecule has 0 unspecified atom stereocenters. The van der Waals surface area contributed by atoms with E-state index in [1.54, 1.807) is 43.3 Å². The van der Waals surface area contributed by atoms with Crippen LogP contribution in [0.2, 0.25) is 5.02 Å². The van der Waals surface area contributed by atoms with Crippen LogP contribution >= 0.6 is 11.6 Å². The van der Waals surface area contributed by atoms with E-state index in [-0.39, 0.29) is 11.8 Å². The summed E-state index contributed by atoms with van der Waals surface area (Å²) in [6.45, 7) is 0. The van der Waals surface area contributed by atoms with Gasteiger partial charge in [-0.3, -0.25) is 9.59 Å². The lowest BCUT2D eigenvalue weighted by Gasteiger charge is -2.10. The third kappa shape index (κ3) is 5.11. The lowest BCUT2D eigenvalue weighted by atomic mass is 10.1. The van der Waals surface area contributed by atoms with Gasteiger partial charge in [0.15, 0.2) is 0 Å². The number of amides is 2. The largest absolute Gasteiger partial charge is 0.349 e. The first-order chi connectivity index (χ1) is 11.0. The van der Waals surface area contributed by atoms with Crippen molar-refractivity contribution in [2.75, 3.05) is 19.4 Å². The standard InChI is InChI=1S/C18H19ClN2O2/c1-21(2)17(22)12-5-13-3-10-16(11-4-13)20-18(23)14-6-8-15(19)9-7-14/h3-4,6-11H,5,12H2,1-2H3,(H,20,23). The number of nitrogens with zero attached hydrogens (tertiary/aromatic N) is 1. The van der Waals surface area contributed by atoms with Gasteiger partial charge in [0.05, 0.1) is 0 Å². The molecule has 0 aliphatic carbocycles. The molecule has 0 aliphatic heterocycles. The number of benzene rings is 2. The third-order valence-electron chi connectivity index (χ3n) is 3.44. The average Bonchev–Trinajstić information content (AvgIpc) is 2.54. The zero-order valence-electron chi connectivity index (χ0n) is 13.2. The molecule has 0 atom stereocenters. The number of anilines is 1. The Balaban J connectivity index is 1.93. The summed E-state index contributed by atoms with van der Waals surface area (Å²) in [5, 5.41) is 3.43. The summed E-state index contributed by atoms with van der Waals surface area (Å²) in [5.74, 6) is -0.0812.